The second-order valence-electron chi connectivity index (χ2n) is 6.44. The van der Waals surface area contributed by atoms with Gasteiger partial charge in [0.2, 0.25) is 5.91 Å². The number of ether oxygens (including phenoxy) is 1. The van der Waals surface area contributed by atoms with Crippen molar-refractivity contribution < 1.29 is 19.1 Å². The van der Waals surface area contributed by atoms with E-state index in [-0.39, 0.29) is 18.2 Å². The Labute approximate surface area is 158 Å². The number of nitrogens with one attached hydrogen (secondary N) is 2. The number of amides is 2. The third kappa shape index (κ3) is 5.95. The Morgan fingerprint density at radius 3 is 2.11 bits per heavy atom. The van der Waals surface area contributed by atoms with Gasteiger partial charge in [-0.1, -0.05) is 30.3 Å². The maximum Gasteiger partial charge on any atom is 0.311 e. The van der Waals surface area contributed by atoms with E-state index in [1.165, 1.54) is 6.92 Å². The molecule has 2 N–H and O–H groups in total. The fourth-order valence-electron chi connectivity index (χ4n) is 2.60. The number of para-hydroxylation sites is 1. The summed E-state index contributed by atoms with van der Waals surface area (Å²) in [5.74, 6) is -1.03. The number of anilines is 2. The van der Waals surface area contributed by atoms with Crippen molar-refractivity contribution in [3.8, 4) is 0 Å². The van der Waals surface area contributed by atoms with Crippen LogP contribution in [0.3, 0.4) is 0 Å². The Balaban J connectivity index is 1.91. The summed E-state index contributed by atoms with van der Waals surface area (Å²) in [5, 5.41) is 5.47. The van der Waals surface area contributed by atoms with E-state index in [0.29, 0.717) is 5.69 Å². The topological polar surface area (TPSA) is 84.5 Å². The number of hydrogen-bond donors (Lipinski definition) is 2. The lowest BCUT2D eigenvalue weighted by molar-refractivity contribution is -0.152. The lowest BCUT2D eigenvalue weighted by atomic mass is 10.1. The molecule has 0 saturated carbocycles. The third-order valence-corrected chi connectivity index (χ3v) is 4.03. The molecular formula is C21H24N2O4. The smallest absolute Gasteiger partial charge is 0.311 e. The number of carbonyl (C=O) groups is 3. The van der Waals surface area contributed by atoms with Gasteiger partial charge in [0.25, 0.3) is 5.91 Å². The minimum absolute atomic E-state index is 0.0430. The van der Waals surface area contributed by atoms with Crippen LogP contribution >= 0.6 is 0 Å². The molecule has 2 amide bonds. The zero-order valence-electron chi connectivity index (χ0n) is 16.0. The van der Waals surface area contributed by atoms with Gasteiger partial charge in [0.15, 0.2) is 6.10 Å². The lowest BCUT2D eigenvalue weighted by Crippen LogP contribution is -2.31. The van der Waals surface area contributed by atoms with Crippen LogP contribution in [0.5, 0.6) is 0 Å². The average molecular weight is 368 g/mol. The molecule has 0 aliphatic rings. The molecule has 2 rings (SSSR count). The van der Waals surface area contributed by atoms with Crippen LogP contribution in [0.25, 0.3) is 0 Å². The summed E-state index contributed by atoms with van der Waals surface area (Å²) in [6, 6.07) is 12.6. The van der Waals surface area contributed by atoms with Crippen molar-refractivity contribution >= 4 is 29.2 Å². The SMILES string of the molecule is CC(=O)Nc1ccc(CC(=O)O[C@H](C)C(=O)Nc2c(C)cccc2C)cc1. The number of esters is 1. The van der Waals surface area contributed by atoms with Crippen molar-refractivity contribution in [1.29, 1.82) is 0 Å². The summed E-state index contributed by atoms with van der Waals surface area (Å²) in [6.45, 7) is 6.78. The van der Waals surface area contributed by atoms with Crippen molar-refractivity contribution in [3.05, 3.63) is 59.2 Å². The van der Waals surface area contributed by atoms with Crippen LogP contribution in [0, 0.1) is 13.8 Å². The van der Waals surface area contributed by atoms with Gasteiger partial charge < -0.3 is 15.4 Å². The fourth-order valence-corrected chi connectivity index (χ4v) is 2.60. The minimum Gasteiger partial charge on any atom is -0.452 e. The van der Waals surface area contributed by atoms with Crippen LogP contribution in [-0.2, 0) is 25.5 Å². The molecule has 0 aliphatic carbocycles. The van der Waals surface area contributed by atoms with E-state index in [2.05, 4.69) is 10.6 Å². The van der Waals surface area contributed by atoms with E-state index in [4.69, 9.17) is 4.74 Å². The maximum atomic E-state index is 12.3. The predicted molar refractivity (Wildman–Crippen MR) is 105 cm³/mol. The molecule has 0 radical (unpaired) electrons. The van der Waals surface area contributed by atoms with Crippen LogP contribution in [0.1, 0.15) is 30.5 Å². The van der Waals surface area contributed by atoms with Crippen molar-refractivity contribution in [2.24, 2.45) is 0 Å². The molecule has 6 nitrogen and oxygen atoms in total. The summed E-state index contributed by atoms with van der Waals surface area (Å²) in [6.07, 6.45) is -0.864. The highest BCUT2D eigenvalue weighted by Gasteiger charge is 2.19. The van der Waals surface area contributed by atoms with E-state index < -0.39 is 12.1 Å². The predicted octanol–water partition coefficient (Wildman–Crippen LogP) is 3.37. The summed E-state index contributed by atoms with van der Waals surface area (Å²) >= 11 is 0. The van der Waals surface area contributed by atoms with Crippen molar-refractivity contribution in [1.82, 2.24) is 0 Å². The van der Waals surface area contributed by atoms with Crippen LogP contribution in [0.15, 0.2) is 42.5 Å². The first-order valence-electron chi connectivity index (χ1n) is 8.69. The average Bonchev–Trinajstić information content (AvgIpc) is 2.59. The quantitative estimate of drug-likeness (QED) is 0.766. The molecule has 0 spiro atoms. The van der Waals surface area contributed by atoms with Gasteiger partial charge in [0.05, 0.1) is 6.42 Å². The summed E-state index contributed by atoms with van der Waals surface area (Å²) in [7, 11) is 0. The number of rotatable bonds is 6. The maximum absolute atomic E-state index is 12.3. The summed E-state index contributed by atoms with van der Waals surface area (Å²) < 4.78 is 5.24. The van der Waals surface area contributed by atoms with Crippen LogP contribution in [0.4, 0.5) is 11.4 Å². The van der Waals surface area contributed by atoms with Crippen molar-refractivity contribution in [2.75, 3.05) is 10.6 Å². The van der Waals surface area contributed by atoms with E-state index in [1.807, 2.05) is 32.0 Å². The number of aryl methyl sites for hydroxylation is 2. The van der Waals surface area contributed by atoms with Gasteiger partial charge in [-0.2, -0.15) is 0 Å². The molecule has 1 atom stereocenters. The molecule has 0 saturated heterocycles. The second kappa shape index (κ2) is 8.98. The molecule has 2 aromatic carbocycles. The Kier molecular flexibility index (Phi) is 6.71. The standard InChI is InChI=1S/C21H24N2O4/c1-13-6-5-7-14(2)20(13)23-21(26)15(3)27-19(25)12-17-8-10-18(11-9-17)22-16(4)24/h5-11,15H,12H2,1-4H3,(H,22,24)(H,23,26)/t15-/m1/s1. The Morgan fingerprint density at radius 1 is 0.963 bits per heavy atom. The first-order chi connectivity index (χ1) is 12.8. The van der Waals surface area contributed by atoms with E-state index in [0.717, 1.165) is 22.4 Å². The number of hydrogen-bond acceptors (Lipinski definition) is 4. The molecule has 0 heterocycles. The summed E-state index contributed by atoms with van der Waals surface area (Å²) in [4.78, 5) is 35.4. The largest absolute Gasteiger partial charge is 0.452 e. The number of carbonyl (C=O) groups excluding carboxylic acids is 3. The first-order valence-corrected chi connectivity index (χ1v) is 8.69. The van der Waals surface area contributed by atoms with Crippen molar-refractivity contribution in [3.63, 3.8) is 0 Å². The molecule has 2 aromatic rings. The lowest BCUT2D eigenvalue weighted by Gasteiger charge is -2.16. The molecule has 0 aromatic heterocycles. The highest BCUT2D eigenvalue weighted by Crippen LogP contribution is 2.20. The molecule has 0 bridgehead atoms. The molecule has 27 heavy (non-hydrogen) atoms. The van der Waals surface area contributed by atoms with E-state index in [1.54, 1.807) is 31.2 Å². The molecule has 0 unspecified atom stereocenters. The van der Waals surface area contributed by atoms with Gasteiger partial charge in [-0.05, 0) is 49.6 Å². The van der Waals surface area contributed by atoms with Gasteiger partial charge >= 0.3 is 5.97 Å². The van der Waals surface area contributed by atoms with Gasteiger partial charge in [0.1, 0.15) is 0 Å². The zero-order valence-corrected chi connectivity index (χ0v) is 16.0. The Morgan fingerprint density at radius 2 is 1.56 bits per heavy atom. The first kappa shape index (κ1) is 20.2. The monoisotopic (exact) mass is 368 g/mol. The van der Waals surface area contributed by atoms with Gasteiger partial charge in [-0.15, -0.1) is 0 Å². The minimum atomic E-state index is -0.907. The third-order valence-electron chi connectivity index (χ3n) is 4.03. The summed E-state index contributed by atoms with van der Waals surface area (Å²) in [5.41, 5.74) is 4.01. The van der Waals surface area contributed by atoms with E-state index >= 15 is 0 Å². The zero-order chi connectivity index (χ0) is 20.0. The van der Waals surface area contributed by atoms with Crippen molar-refractivity contribution in [2.45, 2.75) is 40.2 Å². The Hall–Kier alpha value is -3.15. The van der Waals surface area contributed by atoms with E-state index in [9.17, 15) is 14.4 Å². The molecule has 0 fully saturated rings. The van der Waals surface area contributed by atoms with Gasteiger partial charge in [-0.3, -0.25) is 14.4 Å². The molecule has 6 heteroatoms. The van der Waals surface area contributed by atoms with Crippen LogP contribution < -0.4 is 10.6 Å². The normalized spacial score (nSPS) is 11.4. The molecule has 142 valence electrons. The highest BCUT2D eigenvalue weighted by atomic mass is 16.5. The van der Waals surface area contributed by atoms with Gasteiger partial charge in [-0.25, -0.2) is 0 Å². The highest BCUT2D eigenvalue weighted by molar-refractivity contribution is 5.96. The van der Waals surface area contributed by atoms with Crippen LogP contribution in [0.2, 0.25) is 0 Å². The van der Waals surface area contributed by atoms with Crippen LogP contribution in [-0.4, -0.2) is 23.9 Å². The Bertz CT molecular complexity index is 824. The number of benzene rings is 2. The van der Waals surface area contributed by atoms with Gasteiger partial charge in [0, 0.05) is 18.3 Å². The second-order valence-corrected chi connectivity index (χ2v) is 6.44. The molecule has 0 aliphatic heterocycles. The fraction of sp³-hybridized carbons (Fsp3) is 0.286. The molecular weight excluding hydrogens is 344 g/mol.